The summed E-state index contributed by atoms with van der Waals surface area (Å²) in [5.74, 6) is 0.739. The van der Waals surface area contributed by atoms with Crippen molar-refractivity contribution in [1.82, 2.24) is 15.5 Å². The van der Waals surface area contributed by atoms with Crippen molar-refractivity contribution in [3.05, 3.63) is 24.2 Å². The van der Waals surface area contributed by atoms with E-state index in [2.05, 4.69) is 10.6 Å². The molecule has 6 heteroatoms. The molecule has 0 bridgehead atoms. The van der Waals surface area contributed by atoms with Crippen molar-refractivity contribution in [2.45, 2.75) is 18.6 Å². The predicted octanol–water partition coefficient (Wildman–Crippen LogP) is 0.377. The Hall–Kier alpha value is -1.37. The molecule has 112 valence electrons. The molecule has 0 radical (unpaired) electrons. The lowest BCUT2D eigenvalue weighted by Gasteiger charge is -2.38. The molecule has 20 heavy (non-hydrogen) atoms. The van der Waals surface area contributed by atoms with Gasteiger partial charge in [0.25, 0.3) is 0 Å². The van der Waals surface area contributed by atoms with Gasteiger partial charge < -0.3 is 19.8 Å². The summed E-state index contributed by atoms with van der Waals surface area (Å²) in [5, 5.41) is 6.02. The van der Waals surface area contributed by atoms with Crippen LogP contribution < -0.4 is 10.6 Å². The van der Waals surface area contributed by atoms with Crippen molar-refractivity contribution < 1.29 is 13.9 Å². The number of furan rings is 1. The van der Waals surface area contributed by atoms with Gasteiger partial charge in [0.2, 0.25) is 5.91 Å². The van der Waals surface area contributed by atoms with Gasteiger partial charge in [0.15, 0.2) is 0 Å². The Morgan fingerprint density at radius 3 is 2.85 bits per heavy atom. The minimum Gasteiger partial charge on any atom is -0.468 e. The van der Waals surface area contributed by atoms with E-state index in [1.807, 2.05) is 38.1 Å². The molecular weight excluding hydrogens is 258 g/mol. The highest BCUT2D eigenvalue weighted by Crippen LogP contribution is 2.18. The summed E-state index contributed by atoms with van der Waals surface area (Å²) >= 11 is 0. The maximum absolute atomic E-state index is 11.8. The zero-order valence-electron chi connectivity index (χ0n) is 12.3. The number of amides is 1. The lowest BCUT2D eigenvalue weighted by Crippen LogP contribution is -2.59. The summed E-state index contributed by atoms with van der Waals surface area (Å²) in [6, 6.07) is 3.78. The van der Waals surface area contributed by atoms with E-state index in [4.69, 9.17) is 9.15 Å². The Labute approximate surface area is 119 Å². The fraction of sp³-hybridized carbons (Fsp3) is 0.643. The van der Waals surface area contributed by atoms with Gasteiger partial charge in [0, 0.05) is 19.6 Å². The number of nitrogens with zero attached hydrogens (tertiary/aromatic N) is 1. The van der Waals surface area contributed by atoms with E-state index in [0.717, 1.165) is 18.8 Å². The largest absolute Gasteiger partial charge is 0.468 e. The molecule has 2 rings (SSSR count). The average Bonchev–Trinajstić information content (AvgIpc) is 2.87. The van der Waals surface area contributed by atoms with E-state index in [0.29, 0.717) is 6.54 Å². The zero-order valence-corrected chi connectivity index (χ0v) is 12.3. The highest BCUT2D eigenvalue weighted by atomic mass is 16.5. The second kappa shape index (κ2) is 6.39. The van der Waals surface area contributed by atoms with Crippen LogP contribution in [0.5, 0.6) is 0 Å². The number of hydrogen-bond donors (Lipinski definition) is 2. The Morgan fingerprint density at radius 1 is 1.60 bits per heavy atom. The molecule has 0 saturated carbocycles. The van der Waals surface area contributed by atoms with Gasteiger partial charge in [-0.05, 0) is 33.2 Å². The molecule has 6 nitrogen and oxygen atoms in total. The first-order chi connectivity index (χ1) is 9.50. The van der Waals surface area contributed by atoms with Crippen LogP contribution in [0.4, 0.5) is 0 Å². The molecule has 1 saturated heterocycles. The lowest BCUT2D eigenvalue weighted by atomic mass is 10.0. The van der Waals surface area contributed by atoms with E-state index >= 15 is 0 Å². The van der Waals surface area contributed by atoms with Gasteiger partial charge in [-0.3, -0.25) is 9.69 Å². The van der Waals surface area contributed by atoms with Gasteiger partial charge in [0.05, 0.1) is 17.9 Å². The van der Waals surface area contributed by atoms with Crippen LogP contribution in [0.2, 0.25) is 0 Å². The van der Waals surface area contributed by atoms with E-state index in [9.17, 15) is 4.79 Å². The van der Waals surface area contributed by atoms with Crippen LogP contribution >= 0.6 is 0 Å². The summed E-state index contributed by atoms with van der Waals surface area (Å²) in [7, 11) is 3.91. The summed E-state index contributed by atoms with van der Waals surface area (Å²) < 4.78 is 11.0. The first-order valence-corrected chi connectivity index (χ1v) is 6.81. The molecule has 1 aromatic rings. The number of rotatable bonds is 7. The SMILES string of the molecule is CN(C)C(CNC(=O)COC1(C)CNC1)c1ccco1. The van der Waals surface area contributed by atoms with E-state index in [1.165, 1.54) is 0 Å². The number of carbonyl (C=O) groups is 1. The minimum atomic E-state index is -0.195. The van der Waals surface area contributed by atoms with Crippen molar-refractivity contribution in [3.8, 4) is 0 Å². The molecule has 1 aromatic heterocycles. The van der Waals surface area contributed by atoms with E-state index in [-0.39, 0.29) is 24.2 Å². The molecule has 1 unspecified atom stereocenters. The monoisotopic (exact) mass is 281 g/mol. The van der Waals surface area contributed by atoms with Crippen LogP contribution in [0.3, 0.4) is 0 Å². The third kappa shape index (κ3) is 3.82. The number of nitrogens with one attached hydrogen (secondary N) is 2. The zero-order chi connectivity index (χ0) is 14.6. The van der Waals surface area contributed by atoms with Crippen LogP contribution in [0.1, 0.15) is 18.7 Å². The van der Waals surface area contributed by atoms with E-state index < -0.39 is 0 Å². The van der Waals surface area contributed by atoms with Crippen LogP contribution in [0.15, 0.2) is 22.8 Å². The van der Waals surface area contributed by atoms with Crippen molar-refractivity contribution in [3.63, 3.8) is 0 Å². The van der Waals surface area contributed by atoms with Gasteiger partial charge in [-0.2, -0.15) is 0 Å². The molecule has 1 fully saturated rings. The Balaban J connectivity index is 1.76. The number of hydrogen-bond acceptors (Lipinski definition) is 5. The molecule has 0 spiro atoms. The van der Waals surface area contributed by atoms with Crippen LogP contribution in [0.25, 0.3) is 0 Å². The molecule has 1 amide bonds. The predicted molar refractivity (Wildman–Crippen MR) is 75.4 cm³/mol. The van der Waals surface area contributed by atoms with Crippen molar-refractivity contribution in [2.75, 3.05) is 40.3 Å². The number of ether oxygens (including phenoxy) is 1. The van der Waals surface area contributed by atoms with Crippen molar-refractivity contribution in [1.29, 1.82) is 0 Å². The summed E-state index contributed by atoms with van der Waals surface area (Å²) in [4.78, 5) is 13.8. The number of carbonyl (C=O) groups excluding carboxylic acids is 1. The second-order valence-corrected chi connectivity index (χ2v) is 5.64. The van der Waals surface area contributed by atoms with Gasteiger partial charge in [-0.15, -0.1) is 0 Å². The highest BCUT2D eigenvalue weighted by molar-refractivity contribution is 5.77. The fourth-order valence-electron chi connectivity index (χ4n) is 2.10. The molecule has 1 atom stereocenters. The third-order valence-corrected chi connectivity index (χ3v) is 3.54. The van der Waals surface area contributed by atoms with E-state index in [1.54, 1.807) is 6.26 Å². The van der Waals surface area contributed by atoms with Crippen LogP contribution in [-0.2, 0) is 9.53 Å². The standard InChI is InChI=1S/C14H23N3O3/c1-14(9-15-10-14)20-8-13(18)16-7-11(17(2)3)12-5-4-6-19-12/h4-6,11,15H,7-10H2,1-3H3,(H,16,18). The Kier molecular flexibility index (Phi) is 4.80. The summed E-state index contributed by atoms with van der Waals surface area (Å²) in [6.45, 7) is 4.19. The normalized spacial score (nSPS) is 18.6. The molecule has 0 aromatic carbocycles. The molecular formula is C14H23N3O3. The lowest BCUT2D eigenvalue weighted by molar-refractivity contribution is -0.136. The van der Waals surface area contributed by atoms with Gasteiger partial charge >= 0.3 is 0 Å². The maximum Gasteiger partial charge on any atom is 0.246 e. The average molecular weight is 281 g/mol. The second-order valence-electron chi connectivity index (χ2n) is 5.64. The van der Waals surface area contributed by atoms with Crippen LogP contribution in [0, 0.1) is 0 Å². The number of likely N-dealkylation sites (N-methyl/N-ethyl adjacent to an activating group) is 1. The maximum atomic E-state index is 11.8. The molecule has 1 aliphatic heterocycles. The topological polar surface area (TPSA) is 66.7 Å². The molecule has 1 aliphatic rings. The molecule has 2 N–H and O–H groups in total. The van der Waals surface area contributed by atoms with Gasteiger partial charge in [0.1, 0.15) is 12.4 Å². The summed E-state index contributed by atoms with van der Waals surface area (Å²) in [6.07, 6.45) is 1.64. The van der Waals surface area contributed by atoms with Crippen molar-refractivity contribution >= 4 is 5.91 Å². The summed E-state index contributed by atoms with van der Waals surface area (Å²) in [5.41, 5.74) is -0.195. The van der Waals surface area contributed by atoms with Crippen LogP contribution in [-0.4, -0.2) is 56.7 Å². The highest BCUT2D eigenvalue weighted by Gasteiger charge is 2.33. The smallest absolute Gasteiger partial charge is 0.246 e. The van der Waals surface area contributed by atoms with Gasteiger partial charge in [-0.1, -0.05) is 0 Å². The van der Waals surface area contributed by atoms with Gasteiger partial charge in [-0.25, -0.2) is 0 Å². The first kappa shape index (κ1) is 15.0. The Bertz CT molecular complexity index is 427. The van der Waals surface area contributed by atoms with Crippen molar-refractivity contribution in [2.24, 2.45) is 0 Å². The third-order valence-electron chi connectivity index (χ3n) is 3.54. The first-order valence-electron chi connectivity index (χ1n) is 6.81. The quantitative estimate of drug-likeness (QED) is 0.756. The molecule has 0 aliphatic carbocycles. The minimum absolute atomic E-state index is 0.0231. The fourth-order valence-corrected chi connectivity index (χ4v) is 2.10. The Morgan fingerprint density at radius 2 is 2.35 bits per heavy atom. The molecule has 2 heterocycles.